The lowest BCUT2D eigenvalue weighted by atomic mass is 10.2. The van der Waals surface area contributed by atoms with Gasteiger partial charge in [-0.1, -0.05) is 6.07 Å². The summed E-state index contributed by atoms with van der Waals surface area (Å²) in [5.41, 5.74) is 5.34. The van der Waals surface area contributed by atoms with E-state index < -0.39 is 5.82 Å². The Kier molecular flexibility index (Phi) is 4.47. The van der Waals surface area contributed by atoms with Crippen LogP contribution in [0.15, 0.2) is 18.2 Å². The SMILES string of the molecule is Cl.N=C(N)c1c(F)cccc1I. The largest absolute Gasteiger partial charge is 0.384 e. The van der Waals surface area contributed by atoms with Crippen LogP contribution in [-0.2, 0) is 0 Å². The van der Waals surface area contributed by atoms with E-state index >= 15 is 0 Å². The van der Waals surface area contributed by atoms with E-state index in [4.69, 9.17) is 11.1 Å². The lowest BCUT2D eigenvalue weighted by Crippen LogP contribution is -2.14. The molecule has 0 amide bonds. The Bertz CT molecular complexity index is 283. The van der Waals surface area contributed by atoms with Crippen LogP contribution in [0.1, 0.15) is 5.56 Å². The van der Waals surface area contributed by atoms with E-state index in [1.54, 1.807) is 12.1 Å². The maximum Gasteiger partial charge on any atom is 0.135 e. The third-order valence-electron chi connectivity index (χ3n) is 1.23. The number of nitrogens with one attached hydrogen (secondary N) is 1. The maximum absolute atomic E-state index is 12.9. The minimum absolute atomic E-state index is 0. The summed E-state index contributed by atoms with van der Waals surface area (Å²) in [6, 6.07) is 4.59. The van der Waals surface area contributed by atoms with Gasteiger partial charge >= 0.3 is 0 Å². The number of hydrogen-bond acceptors (Lipinski definition) is 1. The first-order chi connectivity index (χ1) is 5.13. The number of halogens is 3. The molecule has 0 aliphatic rings. The molecule has 0 heterocycles. The number of rotatable bonds is 1. The molecule has 0 spiro atoms. The predicted octanol–water partition coefficient (Wildman–Crippen LogP) is 2.14. The molecule has 0 unspecified atom stereocenters. The Morgan fingerprint density at radius 3 is 2.42 bits per heavy atom. The minimum atomic E-state index is -0.440. The smallest absolute Gasteiger partial charge is 0.135 e. The van der Waals surface area contributed by atoms with Gasteiger partial charge in [-0.15, -0.1) is 12.4 Å². The second-order valence-corrected chi connectivity index (χ2v) is 3.17. The maximum atomic E-state index is 12.9. The molecule has 0 aliphatic carbocycles. The highest BCUT2D eigenvalue weighted by molar-refractivity contribution is 14.1. The van der Waals surface area contributed by atoms with Gasteiger partial charge in [0.1, 0.15) is 11.7 Å². The van der Waals surface area contributed by atoms with Crippen LogP contribution in [0.4, 0.5) is 4.39 Å². The van der Waals surface area contributed by atoms with Crippen LogP contribution in [0.2, 0.25) is 0 Å². The topological polar surface area (TPSA) is 49.9 Å². The minimum Gasteiger partial charge on any atom is -0.384 e. The first kappa shape index (κ1) is 11.6. The van der Waals surface area contributed by atoms with Crippen molar-refractivity contribution >= 4 is 40.8 Å². The fourth-order valence-corrected chi connectivity index (χ4v) is 1.51. The van der Waals surface area contributed by atoms with Gasteiger partial charge in [-0.25, -0.2) is 4.39 Å². The first-order valence-electron chi connectivity index (χ1n) is 2.91. The van der Waals surface area contributed by atoms with Crippen molar-refractivity contribution in [2.24, 2.45) is 5.73 Å². The third kappa shape index (κ3) is 2.31. The Hall–Kier alpha value is -0.360. The van der Waals surface area contributed by atoms with Gasteiger partial charge in [0, 0.05) is 3.57 Å². The van der Waals surface area contributed by atoms with E-state index in [0.29, 0.717) is 3.57 Å². The number of benzene rings is 1. The number of nitrogens with two attached hydrogens (primary N) is 1. The molecule has 1 aromatic rings. The second-order valence-electron chi connectivity index (χ2n) is 2.01. The quantitative estimate of drug-likeness (QED) is 0.466. The zero-order valence-corrected chi connectivity index (χ0v) is 8.95. The summed E-state index contributed by atoms with van der Waals surface area (Å²) in [6.45, 7) is 0. The fourth-order valence-electron chi connectivity index (χ4n) is 0.755. The molecule has 2 nitrogen and oxygen atoms in total. The molecule has 1 aromatic carbocycles. The highest BCUT2D eigenvalue weighted by Gasteiger charge is 2.07. The van der Waals surface area contributed by atoms with Crippen molar-refractivity contribution in [1.29, 1.82) is 5.41 Å². The standard InChI is InChI=1S/C7H6FIN2.ClH/c8-4-2-1-3-5(9)6(4)7(10)11;/h1-3H,(H3,10,11);1H. The summed E-state index contributed by atoms with van der Waals surface area (Å²) in [6.07, 6.45) is 0. The van der Waals surface area contributed by atoms with Crippen molar-refractivity contribution in [2.45, 2.75) is 0 Å². The lowest BCUT2D eigenvalue weighted by molar-refractivity contribution is 0.624. The Labute approximate surface area is 89.4 Å². The van der Waals surface area contributed by atoms with Crippen molar-refractivity contribution in [1.82, 2.24) is 0 Å². The van der Waals surface area contributed by atoms with Crippen LogP contribution >= 0.6 is 35.0 Å². The van der Waals surface area contributed by atoms with E-state index in [-0.39, 0.29) is 23.8 Å². The Morgan fingerprint density at radius 1 is 1.50 bits per heavy atom. The molecule has 0 saturated carbocycles. The van der Waals surface area contributed by atoms with Crippen molar-refractivity contribution in [3.05, 3.63) is 33.1 Å². The highest BCUT2D eigenvalue weighted by Crippen LogP contribution is 2.14. The van der Waals surface area contributed by atoms with E-state index in [2.05, 4.69) is 0 Å². The molecule has 0 radical (unpaired) electrons. The van der Waals surface area contributed by atoms with Gasteiger partial charge in [-0.3, -0.25) is 5.41 Å². The summed E-state index contributed by atoms with van der Waals surface area (Å²) in [4.78, 5) is 0. The molecule has 0 aromatic heterocycles. The number of amidine groups is 1. The summed E-state index contributed by atoms with van der Waals surface area (Å²) in [5.74, 6) is -0.670. The van der Waals surface area contributed by atoms with Gasteiger partial charge in [0.2, 0.25) is 0 Å². The van der Waals surface area contributed by atoms with Crippen molar-refractivity contribution in [3.8, 4) is 0 Å². The van der Waals surface area contributed by atoms with Crippen LogP contribution in [0.3, 0.4) is 0 Å². The average molecular weight is 301 g/mol. The summed E-state index contributed by atoms with van der Waals surface area (Å²) in [7, 11) is 0. The molecular weight excluding hydrogens is 293 g/mol. The van der Waals surface area contributed by atoms with Gasteiger partial charge < -0.3 is 5.73 Å². The van der Waals surface area contributed by atoms with E-state index in [9.17, 15) is 4.39 Å². The summed E-state index contributed by atoms with van der Waals surface area (Å²) in [5, 5.41) is 7.05. The normalized spacial score (nSPS) is 8.83. The highest BCUT2D eigenvalue weighted by atomic mass is 127. The van der Waals surface area contributed by atoms with Gasteiger partial charge in [-0.2, -0.15) is 0 Å². The van der Waals surface area contributed by atoms with Crippen molar-refractivity contribution in [3.63, 3.8) is 0 Å². The molecule has 0 fully saturated rings. The van der Waals surface area contributed by atoms with Crippen molar-refractivity contribution < 1.29 is 4.39 Å². The molecule has 0 aliphatic heterocycles. The molecular formula is C7H7ClFIN2. The van der Waals surface area contributed by atoms with Gasteiger partial charge in [-0.05, 0) is 34.7 Å². The van der Waals surface area contributed by atoms with Gasteiger partial charge in [0.05, 0.1) is 5.56 Å². The molecule has 5 heteroatoms. The predicted molar refractivity (Wildman–Crippen MR) is 57.4 cm³/mol. The molecule has 1 rings (SSSR count). The van der Waals surface area contributed by atoms with Crippen LogP contribution in [-0.4, -0.2) is 5.84 Å². The van der Waals surface area contributed by atoms with Crippen LogP contribution in [0.25, 0.3) is 0 Å². The molecule has 0 saturated heterocycles. The molecule has 0 atom stereocenters. The summed E-state index contributed by atoms with van der Waals surface area (Å²) < 4.78 is 13.5. The number of hydrogen-bond donors (Lipinski definition) is 2. The monoisotopic (exact) mass is 300 g/mol. The summed E-state index contributed by atoms with van der Waals surface area (Å²) >= 11 is 1.94. The zero-order valence-electron chi connectivity index (χ0n) is 5.97. The fraction of sp³-hybridized carbons (Fsp3) is 0. The van der Waals surface area contributed by atoms with Crippen LogP contribution in [0.5, 0.6) is 0 Å². The van der Waals surface area contributed by atoms with Crippen LogP contribution < -0.4 is 5.73 Å². The lowest BCUT2D eigenvalue weighted by Gasteiger charge is -2.01. The van der Waals surface area contributed by atoms with Crippen molar-refractivity contribution in [2.75, 3.05) is 0 Å². The second kappa shape index (κ2) is 4.61. The molecule has 12 heavy (non-hydrogen) atoms. The van der Waals surface area contributed by atoms with E-state index in [1.807, 2.05) is 22.6 Å². The molecule has 66 valence electrons. The Balaban J connectivity index is 0.00000121. The van der Waals surface area contributed by atoms with E-state index in [0.717, 1.165) is 0 Å². The zero-order chi connectivity index (χ0) is 8.43. The van der Waals surface area contributed by atoms with Gasteiger partial charge in [0.15, 0.2) is 0 Å². The molecule has 0 bridgehead atoms. The average Bonchev–Trinajstić information content (AvgIpc) is 1.85. The third-order valence-corrected chi connectivity index (χ3v) is 2.13. The molecule has 3 N–H and O–H groups in total. The van der Waals surface area contributed by atoms with Crippen LogP contribution in [0, 0.1) is 14.8 Å². The van der Waals surface area contributed by atoms with Gasteiger partial charge in [0.25, 0.3) is 0 Å². The first-order valence-corrected chi connectivity index (χ1v) is 3.99. The van der Waals surface area contributed by atoms with E-state index in [1.165, 1.54) is 6.07 Å². The Morgan fingerprint density at radius 2 is 2.08 bits per heavy atom. The number of nitrogen functional groups attached to an aromatic ring is 1.